The van der Waals surface area contributed by atoms with Crippen molar-refractivity contribution >= 4 is 11.9 Å². The highest BCUT2D eigenvalue weighted by atomic mass is 16.4. The van der Waals surface area contributed by atoms with Gasteiger partial charge in [-0.25, -0.2) is 0 Å². The number of hydrogen-bond acceptors (Lipinski definition) is 2. The lowest BCUT2D eigenvalue weighted by molar-refractivity contribution is -0.141. The van der Waals surface area contributed by atoms with Crippen LogP contribution in [0.15, 0.2) is 0 Å². The van der Waals surface area contributed by atoms with Gasteiger partial charge >= 0.3 is 5.97 Å². The Labute approximate surface area is 90.0 Å². The van der Waals surface area contributed by atoms with Crippen molar-refractivity contribution in [3.05, 3.63) is 0 Å². The predicted octanol–water partition coefficient (Wildman–Crippen LogP) is 1.26. The van der Waals surface area contributed by atoms with Crippen LogP contribution < -0.4 is 5.32 Å². The Hall–Kier alpha value is -1.06. The molecule has 0 aromatic carbocycles. The molecule has 0 aromatic rings. The lowest BCUT2D eigenvalue weighted by Gasteiger charge is -2.09. The fourth-order valence-corrected chi connectivity index (χ4v) is 2.21. The molecule has 0 unspecified atom stereocenters. The normalized spacial score (nSPS) is 24.3. The molecule has 0 aliphatic heterocycles. The van der Waals surface area contributed by atoms with Crippen molar-refractivity contribution in [3.63, 3.8) is 0 Å². The molecule has 1 atom stereocenters. The van der Waals surface area contributed by atoms with Gasteiger partial charge in [0, 0.05) is 5.92 Å². The number of carboxylic acids is 1. The number of carbonyl (C=O) groups is 2. The summed E-state index contributed by atoms with van der Waals surface area (Å²) >= 11 is 0. The van der Waals surface area contributed by atoms with Crippen LogP contribution in [0.25, 0.3) is 0 Å². The van der Waals surface area contributed by atoms with Gasteiger partial charge in [0.2, 0.25) is 5.91 Å². The first-order valence-electron chi connectivity index (χ1n) is 5.15. The molecule has 1 saturated carbocycles. The number of amides is 1. The Morgan fingerprint density at radius 2 is 1.60 bits per heavy atom. The Kier molecular flexibility index (Phi) is 2.58. The molecule has 0 saturated heterocycles. The van der Waals surface area contributed by atoms with Crippen molar-refractivity contribution in [2.24, 2.45) is 16.7 Å². The second-order valence-electron chi connectivity index (χ2n) is 5.44. The molecular formula is C11H19NO3. The molecule has 4 nitrogen and oxygen atoms in total. The quantitative estimate of drug-likeness (QED) is 0.741. The van der Waals surface area contributed by atoms with Gasteiger partial charge in [-0.2, -0.15) is 0 Å². The third kappa shape index (κ3) is 1.73. The van der Waals surface area contributed by atoms with Crippen molar-refractivity contribution in [1.82, 2.24) is 5.32 Å². The molecule has 1 aliphatic rings. The van der Waals surface area contributed by atoms with Crippen molar-refractivity contribution in [3.8, 4) is 0 Å². The van der Waals surface area contributed by atoms with Gasteiger partial charge in [0.15, 0.2) is 0 Å². The molecule has 0 heterocycles. The number of carboxylic acid groups (broad SMARTS) is 1. The summed E-state index contributed by atoms with van der Waals surface area (Å²) in [6.07, 6.45) is 0. The van der Waals surface area contributed by atoms with Gasteiger partial charge in [-0.1, -0.05) is 27.7 Å². The molecule has 0 bridgehead atoms. The largest absolute Gasteiger partial charge is 0.480 e. The van der Waals surface area contributed by atoms with Gasteiger partial charge in [0.25, 0.3) is 0 Å². The standard InChI is InChI=1S/C11H19NO3/c1-6(9(14)15)12-8(13)7-10(2,3)11(7,4)5/h6-7H,1-5H3,(H,12,13)(H,14,15)/t6-/m0/s1. The van der Waals surface area contributed by atoms with E-state index in [4.69, 9.17) is 5.11 Å². The maximum absolute atomic E-state index is 11.8. The Morgan fingerprint density at radius 1 is 1.20 bits per heavy atom. The number of hydrogen-bond donors (Lipinski definition) is 2. The van der Waals surface area contributed by atoms with Gasteiger partial charge in [-0.3, -0.25) is 9.59 Å². The van der Waals surface area contributed by atoms with E-state index in [1.807, 2.05) is 27.7 Å². The van der Waals surface area contributed by atoms with E-state index in [1.165, 1.54) is 6.92 Å². The third-order valence-corrected chi connectivity index (χ3v) is 4.01. The minimum atomic E-state index is -1.00. The lowest BCUT2D eigenvalue weighted by Crippen LogP contribution is -2.40. The second-order valence-corrected chi connectivity index (χ2v) is 5.44. The topological polar surface area (TPSA) is 66.4 Å². The van der Waals surface area contributed by atoms with Gasteiger partial charge in [-0.15, -0.1) is 0 Å². The molecule has 86 valence electrons. The number of rotatable bonds is 3. The molecule has 0 spiro atoms. The zero-order valence-electron chi connectivity index (χ0n) is 9.92. The van der Waals surface area contributed by atoms with Crippen LogP contribution >= 0.6 is 0 Å². The molecule has 2 N–H and O–H groups in total. The van der Waals surface area contributed by atoms with E-state index in [9.17, 15) is 9.59 Å². The van der Waals surface area contributed by atoms with Crippen molar-refractivity contribution in [2.75, 3.05) is 0 Å². The maximum atomic E-state index is 11.8. The van der Waals surface area contributed by atoms with Crippen LogP contribution in [0.5, 0.6) is 0 Å². The second kappa shape index (κ2) is 3.22. The molecule has 4 heteroatoms. The van der Waals surface area contributed by atoms with Crippen LogP contribution in [0.2, 0.25) is 0 Å². The van der Waals surface area contributed by atoms with Crippen molar-refractivity contribution in [2.45, 2.75) is 40.7 Å². The summed E-state index contributed by atoms with van der Waals surface area (Å²) in [5.41, 5.74) is -0.0926. The van der Waals surface area contributed by atoms with Crippen LogP contribution in [-0.2, 0) is 9.59 Å². The Bertz CT molecular complexity index is 293. The van der Waals surface area contributed by atoms with Crippen molar-refractivity contribution in [1.29, 1.82) is 0 Å². The summed E-state index contributed by atoms with van der Waals surface area (Å²) in [6.45, 7) is 9.60. The van der Waals surface area contributed by atoms with E-state index in [2.05, 4.69) is 5.32 Å². The first-order valence-corrected chi connectivity index (χ1v) is 5.15. The number of aliphatic carboxylic acids is 1. The first kappa shape index (κ1) is 12.0. The van der Waals surface area contributed by atoms with E-state index in [0.717, 1.165) is 0 Å². The fourth-order valence-electron chi connectivity index (χ4n) is 2.21. The summed E-state index contributed by atoms with van der Waals surface area (Å²) in [4.78, 5) is 22.4. The predicted molar refractivity (Wildman–Crippen MR) is 56.3 cm³/mol. The summed E-state index contributed by atoms with van der Waals surface area (Å²) in [5, 5.41) is 11.2. The molecule has 1 amide bonds. The Balaban J connectivity index is 2.63. The van der Waals surface area contributed by atoms with Crippen LogP contribution in [-0.4, -0.2) is 23.0 Å². The highest BCUT2D eigenvalue weighted by Crippen LogP contribution is 2.68. The van der Waals surface area contributed by atoms with Crippen LogP contribution in [0, 0.1) is 16.7 Å². The first-order chi connectivity index (χ1) is 6.62. The van der Waals surface area contributed by atoms with Gasteiger partial charge in [0.1, 0.15) is 6.04 Å². The summed E-state index contributed by atoms with van der Waals surface area (Å²) in [5.74, 6) is -1.24. The molecule has 15 heavy (non-hydrogen) atoms. The van der Waals surface area contributed by atoms with Crippen molar-refractivity contribution < 1.29 is 14.7 Å². The zero-order chi connectivity index (χ0) is 12.0. The SMILES string of the molecule is C[C@H](NC(=O)C1C(C)(C)C1(C)C)C(=O)O. The molecule has 1 aliphatic carbocycles. The third-order valence-electron chi connectivity index (χ3n) is 4.01. The maximum Gasteiger partial charge on any atom is 0.325 e. The van der Waals surface area contributed by atoms with E-state index in [1.54, 1.807) is 0 Å². The minimum Gasteiger partial charge on any atom is -0.480 e. The minimum absolute atomic E-state index is 0.0463. The highest BCUT2D eigenvalue weighted by molar-refractivity contribution is 5.88. The average molecular weight is 213 g/mol. The van der Waals surface area contributed by atoms with E-state index in [-0.39, 0.29) is 22.7 Å². The summed E-state index contributed by atoms with van der Waals surface area (Å²) in [6, 6.07) is -0.815. The van der Waals surface area contributed by atoms with E-state index >= 15 is 0 Å². The molecular weight excluding hydrogens is 194 g/mol. The Morgan fingerprint density at radius 3 is 1.87 bits per heavy atom. The number of nitrogens with one attached hydrogen (secondary N) is 1. The van der Waals surface area contributed by atoms with E-state index < -0.39 is 12.0 Å². The molecule has 0 aromatic heterocycles. The van der Waals surface area contributed by atoms with E-state index in [0.29, 0.717) is 0 Å². The smallest absolute Gasteiger partial charge is 0.325 e. The summed E-state index contributed by atoms with van der Waals surface area (Å²) in [7, 11) is 0. The monoisotopic (exact) mass is 213 g/mol. The molecule has 1 rings (SSSR count). The molecule has 0 radical (unpaired) electrons. The van der Waals surface area contributed by atoms with Gasteiger partial charge in [0.05, 0.1) is 0 Å². The highest BCUT2D eigenvalue weighted by Gasteiger charge is 2.68. The number of carbonyl (C=O) groups excluding carboxylic acids is 1. The van der Waals surface area contributed by atoms with Gasteiger partial charge < -0.3 is 10.4 Å². The van der Waals surface area contributed by atoms with Crippen LogP contribution in [0.1, 0.15) is 34.6 Å². The zero-order valence-corrected chi connectivity index (χ0v) is 9.92. The lowest BCUT2D eigenvalue weighted by atomic mass is 10.0. The van der Waals surface area contributed by atoms with Gasteiger partial charge in [-0.05, 0) is 17.8 Å². The average Bonchev–Trinajstić information content (AvgIpc) is 2.41. The van der Waals surface area contributed by atoms with Crippen LogP contribution in [0.4, 0.5) is 0 Å². The molecule has 1 fully saturated rings. The fraction of sp³-hybridized carbons (Fsp3) is 0.818. The van der Waals surface area contributed by atoms with Crippen LogP contribution in [0.3, 0.4) is 0 Å². The summed E-state index contributed by atoms with van der Waals surface area (Å²) < 4.78 is 0.